The first-order chi connectivity index (χ1) is 8.18. The van der Waals surface area contributed by atoms with E-state index in [0.717, 1.165) is 6.42 Å². The zero-order valence-electron chi connectivity index (χ0n) is 10.8. The first-order valence-corrected chi connectivity index (χ1v) is 6.14. The van der Waals surface area contributed by atoms with E-state index in [1.165, 1.54) is 22.4 Å². The highest BCUT2D eigenvalue weighted by atomic mass is 14.7. The number of rotatable bonds is 3. The fourth-order valence-electron chi connectivity index (χ4n) is 2.13. The van der Waals surface area contributed by atoms with E-state index in [9.17, 15) is 0 Å². The van der Waals surface area contributed by atoms with Crippen molar-refractivity contribution in [2.75, 3.05) is 0 Å². The molecule has 0 radical (unpaired) electrons. The van der Waals surface area contributed by atoms with Crippen LogP contribution in [0.3, 0.4) is 0 Å². The van der Waals surface area contributed by atoms with Gasteiger partial charge in [0.25, 0.3) is 0 Å². The van der Waals surface area contributed by atoms with Gasteiger partial charge in [-0.2, -0.15) is 0 Å². The minimum atomic E-state index is 0.469. The average molecular weight is 225 g/mol. The Morgan fingerprint density at radius 2 is 1.88 bits per heavy atom. The van der Waals surface area contributed by atoms with Crippen molar-refractivity contribution in [3.8, 4) is 0 Å². The van der Waals surface area contributed by atoms with Crippen LogP contribution in [-0.4, -0.2) is 4.98 Å². The number of hydrogen-bond acceptors (Lipinski definition) is 1. The van der Waals surface area contributed by atoms with Crippen LogP contribution in [-0.2, 0) is 6.42 Å². The molecule has 1 aromatic carbocycles. The Morgan fingerprint density at radius 1 is 1.06 bits per heavy atom. The van der Waals surface area contributed by atoms with Gasteiger partial charge < -0.3 is 0 Å². The van der Waals surface area contributed by atoms with E-state index in [-0.39, 0.29) is 0 Å². The van der Waals surface area contributed by atoms with Crippen molar-refractivity contribution in [1.82, 2.24) is 4.98 Å². The maximum Gasteiger partial charge on any atom is 0.0435 e. The molecular weight excluding hydrogens is 206 g/mol. The van der Waals surface area contributed by atoms with Crippen LogP contribution in [0.2, 0.25) is 0 Å². The molecule has 1 unspecified atom stereocenters. The lowest BCUT2D eigenvalue weighted by Gasteiger charge is -2.14. The summed E-state index contributed by atoms with van der Waals surface area (Å²) in [6.45, 7) is 6.62. The maximum absolute atomic E-state index is 4.43. The van der Waals surface area contributed by atoms with Gasteiger partial charge >= 0.3 is 0 Å². The van der Waals surface area contributed by atoms with E-state index in [1.807, 2.05) is 12.3 Å². The summed E-state index contributed by atoms with van der Waals surface area (Å²) in [6, 6.07) is 12.7. The van der Waals surface area contributed by atoms with E-state index >= 15 is 0 Å². The molecule has 1 aromatic heterocycles. The van der Waals surface area contributed by atoms with Crippen molar-refractivity contribution in [2.24, 2.45) is 0 Å². The number of hydrogen-bond donors (Lipinski definition) is 0. The van der Waals surface area contributed by atoms with E-state index in [2.05, 4.69) is 56.1 Å². The van der Waals surface area contributed by atoms with Crippen molar-refractivity contribution < 1.29 is 0 Å². The predicted octanol–water partition coefficient (Wildman–Crippen LogP) is 4.04. The van der Waals surface area contributed by atoms with Gasteiger partial charge in [-0.1, -0.05) is 31.2 Å². The fourth-order valence-corrected chi connectivity index (χ4v) is 2.13. The summed E-state index contributed by atoms with van der Waals surface area (Å²) in [6.07, 6.45) is 2.93. The quantitative estimate of drug-likeness (QED) is 0.768. The molecule has 0 spiro atoms. The molecule has 0 bridgehead atoms. The lowest BCUT2D eigenvalue weighted by atomic mass is 9.93. The number of nitrogens with zero attached hydrogens (tertiary/aromatic N) is 1. The molecule has 1 heterocycles. The van der Waals surface area contributed by atoms with E-state index in [0.29, 0.717) is 5.92 Å². The highest BCUT2D eigenvalue weighted by Crippen LogP contribution is 2.21. The third kappa shape index (κ3) is 2.73. The molecule has 0 aliphatic rings. The molecule has 0 saturated carbocycles. The third-order valence-electron chi connectivity index (χ3n) is 3.44. The SMILES string of the molecule is Cc1cccc(CC(C)c2ccccn2)c1C. The summed E-state index contributed by atoms with van der Waals surface area (Å²) in [7, 11) is 0. The van der Waals surface area contributed by atoms with Gasteiger partial charge in [0, 0.05) is 17.8 Å². The molecule has 88 valence electrons. The lowest BCUT2D eigenvalue weighted by molar-refractivity contribution is 0.727. The van der Waals surface area contributed by atoms with E-state index in [4.69, 9.17) is 0 Å². The van der Waals surface area contributed by atoms with E-state index in [1.54, 1.807) is 0 Å². The van der Waals surface area contributed by atoms with Gasteiger partial charge in [-0.05, 0) is 49.1 Å². The molecule has 1 atom stereocenters. The van der Waals surface area contributed by atoms with Gasteiger partial charge in [0.2, 0.25) is 0 Å². The summed E-state index contributed by atoms with van der Waals surface area (Å²) in [5.74, 6) is 0.469. The van der Waals surface area contributed by atoms with Crippen LogP contribution in [0.4, 0.5) is 0 Å². The second-order valence-electron chi connectivity index (χ2n) is 4.72. The van der Waals surface area contributed by atoms with Gasteiger partial charge in [0.05, 0.1) is 0 Å². The van der Waals surface area contributed by atoms with Crippen molar-refractivity contribution in [3.63, 3.8) is 0 Å². The van der Waals surface area contributed by atoms with E-state index < -0.39 is 0 Å². The summed E-state index contributed by atoms with van der Waals surface area (Å²) in [5.41, 5.74) is 5.39. The maximum atomic E-state index is 4.43. The van der Waals surface area contributed by atoms with Crippen molar-refractivity contribution in [3.05, 3.63) is 65.0 Å². The predicted molar refractivity (Wildman–Crippen MR) is 72.3 cm³/mol. The Labute approximate surface area is 104 Å². The highest BCUT2D eigenvalue weighted by molar-refractivity contribution is 5.34. The normalized spacial score (nSPS) is 12.4. The topological polar surface area (TPSA) is 12.9 Å². The Balaban J connectivity index is 2.19. The first-order valence-electron chi connectivity index (χ1n) is 6.14. The van der Waals surface area contributed by atoms with Crippen LogP contribution in [0.25, 0.3) is 0 Å². The van der Waals surface area contributed by atoms with Crippen molar-refractivity contribution in [1.29, 1.82) is 0 Å². The number of aryl methyl sites for hydroxylation is 1. The number of aromatic nitrogens is 1. The molecule has 0 aliphatic heterocycles. The zero-order chi connectivity index (χ0) is 12.3. The minimum Gasteiger partial charge on any atom is -0.261 e. The van der Waals surface area contributed by atoms with Gasteiger partial charge in [0.1, 0.15) is 0 Å². The summed E-state index contributed by atoms with van der Waals surface area (Å²) in [5, 5.41) is 0. The molecule has 0 aliphatic carbocycles. The molecule has 0 saturated heterocycles. The fraction of sp³-hybridized carbons (Fsp3) is 0.312. The largest absolute Gasteiger partial charge is 0.261 e. The van der Waals surface area contributed by atoms with Gasteiger partial charge in [-0.25, -0.2) is 0 Å². The average Bonchev–Trinajstić information content (AvgIpc) is 2.36. The second kappa shape index (κ2) is 5.13. The monoisotopic (exact) mass is 225 g/mol. The second-order valence-corrected chi connectivity index (χ2v) is 4.72. The van der Waals surface area contributed by atoms with Gasteiger partial charge in [-0.3, -0.25) is 4.98 Å². The Hall–Kier alpha value is -1.63. The molecule has 17 heavy (non-hydrogen) atoms. The van der Waals surface area contributed by atoms with Gasteiger partial charge in [0.15, 0.2) is 0 Å². The highest BCUT2D eigenvalue weighted by Gasteiger charge is 2.09. The van der Waals surface area contributed by atoms with Crippen LogP contribution in [0.5, 0.6) is 0 Å². The van der Waals surface area contributed by atoms with Crippen molar-refractivity contribution >= 4 is 0 Å². The zero-order valence-corrected chi connectivity index (χ0v) is 10.8. The molecule has 1 heteroatoms. The molecule has 2 aromatic rings. The third-order valence-corrected chi connectivity index (χ3v) is 3.44. The van der Waals surface area contributed by atoms with Crippen molar-refractivity contribution in [2.45, 2.75) is 33.1 Å². The summed E-state index contributed by atoms with van der Waals surface area (Å²) < 4.78 is 0. The molecule has 2 rings (SSSR count). The van der Waals surface area contributed by atoms with Crippen LogP contribution in [0, 0.1) is 13.8 Å². The van der Waals surface area contributed by atoms with Crippen LogP contribution < -0.4 is 0 Å². The summed E-state index contributed by atoms with van der Waals surface area (Å²) >= 11 is 0. The van der Waals surface area contributed by atoms with Crippen LogP contribution in [0.1, 0.15) is 35.2 Å². The molecule has 0 fully saturated rings. The Kier molecular flexibility index (Phi) is 3.58. The number of pyridine rings is 1. The number of benzene rings is 1. The Bertz CT molecular complexity index is 488. The van der Waals surface area contributed by atoms with Gasteiger partial charge in [-0.15, -0.1) is 0 Å². The smallest absolute Gasteiger partial charge is 0.0435 e. The molecule has 0 N–H and O–H groups in total. The lowest BCUT2D eigenvalue weighted by Crippen LogP contribution is -2.02. The summed E-state index contributed by atoms with van der Waals surface area (Å²) in [4.78, 5) is 4.43. The molecule has 1 nitrogen and oxygen atoms in total. The first kappa shape index (κ1) is 11.8. The Morgan fingerprint density at radius 3 is 2.59 bits per heavy atom. The van der Waals surface area contributed by atoms with Crippen LogP contribution >= 0.6 is 0 Å². The standard InChI is InChI=1S/C16H19N/c1-12-7-6-8-15(14(12)3)11-13(2)16-9-4-5-10-17-16/h4-10,13H,11H2,1-3H3. The molecular formula is C16H19N. The molecule has 0 amide bonds. The minimum absolute atomic E-state index is 0.469. The van der Waals surface area contributed by atoms with Crippen LogP contribution in [0.15, 0.2) is 42.6 Å².